The summed E-state index contributed by atoms with van der Waals surface area (Å²) in [6.07, 6.45) is 0.870. The lowest BCUT2D eigenvalue weighted by Crippen LogP contribution is -2.14. The number of rotatable bonds is 4. The van der Waals surface area contributed by atoms with Crippen LogP contribution in [0.4, 0.5) is 13.9 Å². The van der Waals surface area contributed by atoms with Crippen LogP contribution in [-0.2, 0) is 4.79 Å². The number of thiazole rings is 1. The minimum absolute atomic E-state index is 0.0507. The SMILES string of the molecule is CC(C)c1c(F)cc2[nH]ncc2c1-c1ccc2nc(NC(=O)[C@@H]3C[C@@H]3F)sc2n1. The van der Waals surface area contributed by atoms with Crippen molar-refractivity contribution in [3.8, 4) is 11.3 Å². The summed E-state index contributed by atoms with van der Waals surface area (Å²) in [6.45, 7) is 3.87. The van der Waals surface area contributed by atoms with Crippen molar-refractivity contribution in [2.24, 2.45) is 5.92 Å². The number of anilines is 1. The normalized spacial score (nSPS) is 18.7. The highest BCUT2D eigenvalue weighted by Crippen LogP contribution is 2.38. The lowest BCUT2D eigenvalue weighted by atomic mass is 9.92. The highest BCUT2D eigenvalue weighted by Gasteiger charge is 2.43. The molecule has 5 rings (SSSR count). The van der Waals surface area contributed by atoms with Gasteiger partial charge in [0.25, 0.3) is 0 Å². The third-order valence-corrected chi connectivity index (χ3v) is 5.98. The van der Waals surface area contributed by atoms with Crippen LogP contribution in [-0.4, -0.2) is 32.2 Å². The van der Waals surface area contributed by atoms with E-state index in [0.29, 0.717) is 37.8 Å². The summed E-state index contributed by atoms with van der Waals surface area (Å²) in [4.78, 5) is 21.6. The predicted octanol–water partition coefficient (Wildman–Crippen LogP) is 4.79. The van der Waals surface area contributed by atoms with Crippen LogP contribution in [0.1, 0.15) is 31.7 Å². The molecule has 0 aliphatic heterocycles. The van der Waals surface area contributed by atoms with E-state index >= 15 is 0 Å². The summed E-state index contributed by atoms with van der Waals surface area (Å²) in [5.74, 6) is -1.30. The van der Waals surface area contributed by atoms with Gasteiger partial charge in [-0.3, -0.25) is 9.89 Å². The molecule has 0 unspecified atom stereocenters. The molecule has 4 aromatic rings. The third-order valence-electron chi connectivity index (χ3n) is 5.10. The first-order valence-electron chi connectivity index (χ1n) is 9.30. The summed E-state index contributed by atoms with van der Waals surface area (Å²) >= 11 is 1.21. The predicted molar refractivity (Wildman–Crippen MR) is 108 cm³/mol. The van der Waals surface area contributed by atoms with Gasteiger partial charge < -0.3 is 5.32 Å². The topological polar surface area (TPSA) is 83.6 Å². The number of hydrogen-bond acceptors (Lipinski definition) is 5. The molecule has 3 aromatic heterocycles. The van der Waals surface area contributed by atoms with Gasteiger partial charge in [-0.15, -0.1) is 0 Å². The molecule has 0 radical (unpaired) electrons. The lowest BCUT2D eigenvalue weighted by molar-refractivity contribution is -0.117. The first-order valence-corrected chi connectivity index (χ1v) is 10.1. The number of aromatic amines is 1. The second kappa shape index (κ2) is 6.55. The Kier molecular flexibility index (Phi) is 4.09. The minimum Gasteiger partial charge on any atom is -0.302 e. The average Bonchev–Trinajstić information content (AvgIpc) is 3.06. The zero-order chi connectivity index (χ0) is 20.3. The second-order valence-corrected chi connectivity index (χ2v) is 8.50. The number of alkyl halides is 1. The molecule has 1 aliphatic rings. The molecule has 148 valence electrons. The molecule has 0 spiro atoms. The summed E-state index contributed by atoms with van der Waals surface area (Å²) in [5.41, 5.74) is 3.10. The van der Waals surface area contributed by atoms with Gasteiger partial charge in [-0.25, -0.2) is 18.7 Å². The largest absolute Gasteiger partial charge is 0.302 e. The van der Waals surface area contributed by atoms with E-state index in [2.05, 4.69) is 25.5 Å². The van der Waals surface area contributed by atoms with Crippen molar-refractivity contribution >= 4 is 43.6 Å². The van der Waals surface area contributed by atoms with E-state index in [1.54, 1.807) is 18.3 Å². The van der Waals surface area contributed by atoms with Crippen molar-refractivity contribution in [1.29, 1.82) is 0 Å². The number of aromatic nitrogens is 4. The van der Waals surface area contributed by atoms with Crippen molar-refractivity contribution in [3.05, 3.63) is 35.8 Å². The fourth-order valence-electron chi connectivity index (χ4n) is 3.56. The number of pyridine rings is 1. The number of carbonyl (C=O) groups is 1. The average molecular weight is 413 g/mol. The Morgan fingerprint density at radius 1 is 1.34 bits per heavy atom. The maximum Gasteiger partial charge on any atom is 0.232 e. The van der Waals surface area contributed by atoms with Crippen LogP contribution in [0.3, 0.4) is 0 Å². The van der Waals surface area contributed by atoms with Crippen molar-refractivity contribution in [1.82, 2.24) is 20.2 Å². The zero-order valence-electron chi connectivity index (χ0n) is 15.7. The Hall–Kier alpha value is -2.94. The summed E-state index contributed by atoms with van der Waals surface area (Å²) in [6, 6.07) is 5.04. The van der Waals surface area contributed by atoms with Gasteiger partial charge in [0.1, 0.15) is 22.3 Å². The van der Waals surface area contributed by atoms with Crippen LogP contribution >= 0.6 is 11.3 Å². The minimum atomic E-state index is -1.06. The zero-order valence-corrected chi connectivity index (χ0v) is 16.5. The number of fused-ring (bicyclic) bond motifs is 2. The first-order chi connectivity index (χ1) is 13.9. The molecule has 9 heteroatoms. The van der Waals surface area contributed by atoms with E-state index in [0.717, 1.165) is 5.39 Å². The Bertz CT molecular complexity index is 1260. The Balaban J connectivity index is 1.60. The standard InChI is InChI=1S/C20H17F2N5OS/c1-8(2)16-12(22)6-15-10(7-23-27-15)17(16)13-3-4-14-19(24-13)29-20(25-14)26-18(28)9-5-11(9)21/h3-4,6-9,11H,5H2,1-2H3,(H,23,27)(H,25,26,28)/t9-,11+/m1/s1. The molecule has 6 nitrogen and oxygen atoms in total. The van der Waals surface area contributed by atoms with Gasteiger partial charge in [-0.05, 0) is 30.5 Å². The molecule has 1 saturated carbocycles. The monoisotopic (exact) mass is 413 g/mol. The van der Waals surface area contributed by atoms with E-state index in [1.165, 1.54) is 17.4 Å². The Labute approximate surface area is 168 Å². The van der Waals surface area contributed by atoms with Gasteiger partial charge >= 0.3 is 0 Å². The molecule has 1 aromatic carbocycles. The molecule has 1 aliphatic carbocycles. The van der Waals surface area contributed by atoms with E-state index in [1.807, 2.05) is 13.8 Å². The van der Waals surface area contributed by atoms with Gasteiger partial charge in [0.2, 0.25) is 5.91 Å². The molecule has 3 heterocycles. The highest BCUT2D eigenvalue weighted by atomic mass is 32.1. The molecule has 2 atom stereocenters. The first kappa shape index (κ1) is 18.1. The molecular formula is C20H17F2N5OS. The van der Waals surface area contributed by atoms with Crippen molar-refractivity contribution < 1.29 is 13.6 Å². The fourth-order valence-corrected chi connectivity index (χ4v) is 4.40. The summed E-state index contributed by atoms with van der Waals surface area (Å²) < 4.78 is 27.9. The lowest BCUT2D eigenvalue weighted by Gasteiger charge is -2.14. The maximum atomic E-state index is 14.8. The van der Waals surface area contributed by atoms with Gasteiger partial charge in [0, 0.05) is 16.5 Å². The molecule has 0 bridgehead atoms. The van der Waals surface area contributed by atoms with Gasteiger partial charge in [0.05, 0.1) is 23.3 Å². The molecule has 1 fully saturated rings. The Morgan fingerprint density at radius 3 is 2.86 bits per heavy atom. The van der Waals surface area contributed by atoms with Gasteiger partial charge in [-0.2, -0.15) is 5.10 Å². The molecule has 2 N–H and O–H groups in total. The second-order valence-electron chi connectivity index (χ2n) is 7.52. The fraction of sp³-hybridized carbons (Fsp3) is 0.300. The smallest absolute Gasteiger partial charge is 0.232 e. The number of nitrogens with zero attached hydrogens (tertiary/aromatic N) is 3. The summed E-state index contributed by atoms with van der Waals surface area (Å²) in [5, 5.41) is 10.7. The summed E-state index contributed by atoms with van der Waals surface area (Å²) in [7, 11) is 0. The van der Waals surface area contributed by atoms with Crippen molar-refractivity contribution in [2.75, 3.05) is 5.32 Å². The van der Waals surface area contributed by atoms with Crippen LogP contribution in [0.2, 0.25) is 0 Å². The molecule has 1 amide bonds. The molecular weight excluding hydrogens is 396 g/mol. The number of amides is 1. The number of benzene rings is 1. The van der Waals surface area contributed by atoms with E-state index in [9.17, 15) is 13.6 Å². The highest BCUT2D eigenvalue weighted by molar-refractivity contribution is 7.22. The number of nitrogens with one attached hydrogen (secondary N) is 2. The Morgan fingerprint density at radius 2 is 2.14 bits per heavy atom. The van der Waals surface area contributed by atoms with Crippen LogP contribution in [0.15, 0.2) is 24.4 Å². The van der Waals surface area contributed by atoms with E-state index in [-0.39, 0.29) is 24.1 Å². The number of halogens is 2. The van der Waals surface area contributed by atoms with E-state index in [4.69, 9.17) is 0 Å². The number of hydrogen-bond donors (Lipinski definition) is 2. The van der Waals surface area contributed by atoms with Crippen LogP contribution in [0.5, 0.6) is 0 Å². The van der Waals surface area contributed by atoms with Crippen molar-refractivity contribution in [3.63, 3.8) is 0 Å². The number of carbonyl (C=O) groups excluding carboxylic acids is 1. The quantitative estimate of drug-likeness (QED) is 0.504. The van der Waals surface area contributed by atoms with Crippen LogP contribution in [0, 0.1) is 11.7 Å². The van der Waals surface area contributed by atoms with E-state index < -0.39 is 12.1 Å². The third kappa shape index (κ3) is 3.05. The van der Waals surface area contributed by atoms with Gasteiger partial charge in [0.15, 0.2) is 5.13 Å². The van der Waals surface area contributed by atoms with Crippen molar-refractivity contribution in [2.45, 2.75) is 32.4 Å². The van der Waals surface area contributed by atoms with Crippen LogP contribution < -0.4 is 5.32 Å². The van der Waals surface area contributed by atoms with Crippen LogP contribution in [0.25, 0.3) is 32.5 Å². The molecule has 0 saturated heterocycles. The maximum absolute atomic E-state index is 14.8. The molecule has 29 heavy (non-hydrogen) atoms. The van der Waals surface area contributed by atoms with Gasteiger partial charge in [-0.1, -0.05) is 25.2 Å². The number of H-pyrrole nitrogens is 1.